The van der Waals surface area contributed by atoms with E-state index in [0.717, 1.165) is 9.84 Å². The first kappa shape index (κ1) is 13.1. The van der Waals surface area contributed by atoms with Gasteiger partial charge >= 0.3 is 5.97 Å². The van der Waals surface area contributed by atoms with E-state index in [1.54, 1.807) is 15.7 Å². The number of hydrogen-bond donors (Lipinski definition) is 1. The van der Waals surface area contributed by atoms with Crippen LogP contribution in [0.4, 0.5) is 0 Å². The summed E-state index contributed by atoms with van der Waals surface area (Å²) < 4.78 is 1.72. The topological polar surface area (TPSA) is 54.6 Å². The van der Waals surface area contributed by atoms with E-state index in [2.05, 4.69) is 32.7 Å². The van der Waals surface area contributed by atoms with Crippen LogP contribution < -0.4 is 0 Å². The van der Waals surface area contributed by atoms with E-state index in [0.29, 0.717) is 29.6 Å². The van der Waals surface area contributed by atoms with Crippen LogP contribution in [-0.4, -0.2) is 20.5 Å². The van der Waals surface area contributed by atoms with Crippen LogP contribution >= 0.6 is 11.3 Å². The minimum atomic E-state index is -0.897. The van der Waals surface area contributed by atoms with Gasteiger partial charge in [-0.15, -0.1) is 11.3 Å². The Hall–Kier alpha value is -1.36. The lowest BCUT2D eigenvalue weighted by Gasteiger charge is -2.03. The summed E-state index contributed by atoms with van der Waals surface area (Å²) in [6.45, 7) is 8.33. The molecule has 0 aliphatic rings. The first-order valence-electron chi connectivity index (χ1n) is 6.14. The number of aromatic carboxylic acids is 1. The Labute approximate surface area is 110 Å². The number of nitrogens with zero attached hydrogens (tertiary/aromatic N) is 2. The molecular formula is C13H18N2O2S. The Morgan fingerprint density at radius 3 is 2.61 bits per heavy atom. The van der Waals surface area contributed by atoms with Crippen molar-refractivity contribution in [2.75, 3.05) is 0 Å². The number of rotatable bonds is 4. The van der Waals surface area contributed by atoms with Crippen LogP contribution in [0.15, 0.2) is 6.20 Å². The second kappa shape index (κ2) is 4.72. The van der Waals surface area contributed by atoms with Crippen LogP contribution in [0.3, 0.4) is 0 Å². The van der Waals surface area contributed by atoms with Crippen molar-refractivity contribution < 1.29 is 9.90 Å². The maximum absolute atomic E-state index is 11.4. The third kappa shape index (κ3) is 2.27. The highest BCUT2D eigenvalue weighted by Gasteiger charge is 2.21. The van der Waals surface area contributed by atoms with Gasteiger partial charge in [0.05, 0.1) is 5.69 Å². The van der Waals surface area contributed by atoms with Crippen LogP contribution in [-0.2, 0) is 6.42 Å². The standard InChI is InChI=1S/C13H18N2O2S/c1-7(2)5-9-11(12(16)17)15-6-10(8(3)4)18-13(15)14-9/h6-8H,5H2,1-4H3,(H,16,17). The molecule has 0 fully saturated rings. The molecule has 2 aromatic heterocycles. The van der Waals surface area contributed by atoms with E-state index in [1.165, 1.54) is 0 Å². The molecule has 0 aromatic carbocycles. The van der Waals surface area contributed by atoms with E-state index in [-0.39, 0.29) is 0 Å². The van der Waals surface area contributed by atoms with Gasteiger partial charge in [-0.05, 0) is 18.3 Å². The molecule has 2 rings (SSSR count). The van der Waals surface area contributed by atoms with Crippen molar-refractivity contribution in [2.24, 2.45) is 5.92 Å². The molecule has 0 saturated carbocycles. The molecule has 0 aliphatic carbocycles. The molecule has 2 aromatic rings. The number of hydrogen-bond acceptors (Lipinski definition) is 3. The number of carbonyl (C=O) groups is 1. The molecule has 0 atom stereocenters. The first-order valence-corrected chi connectivity index (χ1v) is 6.95. The molecule has 4 nitrogen and oxygen atoms in total. The quantitative estimate of drug-likeness (QED) is 0.922. The first-order chi connectivity index (χ1) is 8.40. The number of carboxylic acids is 1. The van der Waals surface area contributed by atoms with Crippen molar-refractivity contribution in [3.8, 4) is 0 Å². The van der Waals surface area contributed by atoms with Crippen molar-refractivity contribution in [1.82, 2.24) is 9.38 Å². The van der Waals surface area contributed by atoms with Gasteiger partial charge in [0.1, 0.15) is 0 Å². The minimum Gasteiger partial charge on any atom is -0.477 e. The average molecular weight is 266 g/mol. The fourth-order valence-corrected chi connectivity index (χ4v) is 2.93. The second-order valence-electron chi connectivity index (χ2n) is 5.25. The van der Waals surface area contributed by atoms with Crippen molar-refractivity contribution in [3.63, 3.8) is 0 Å². The summed E-state index contributed by atoms with van der Waals surface area (Å²) in [5.74, 6) is -0.101. The SMILES string of the molecule is CC(C)Cc1nc2sc(C(C)C)cn2c1C(=O)O. The molecule has 0 aliphatic heterocycles. The lowest BCUT2D eigenvalue weighted by atomic mass is 10.1. The Balaban J connectivity index is 2.57. The normalized spacial score (nSPS) is 11.9. The van der Waals surface area contributed by atoms with E-state index in [9.17, 15) is 9.90 Å². The molecule has 0 unspecified atom stereocenters. The van der Waals surface area contributed by atoms with Crippen LogP contribution in [0.25, 0.3) is 4.96 Å². The predicted octanol–water partition coefficient (Wildman–Crippen LogP) is 3.42. The van der Waals surface area contributed by atoms with Gasteiger partial charge in [0.2, 0.25) is 0 Å². The molecule has 0 radical (unpaired) electrons. The summed E-state index contributed by atoms with van der Waals surface area (Å²) in [6, 6.07) is 0. The predicted molar refractivity (Wildman–Crippen MR) is 72.7 cm³/mol. The molecule has 0 spiro atoms. The van der Waals surface area contributed by atoms with E-state index < -0.39 is 5.97 Å². The van der Waals surface area contributed by atoms with Crippen molar-refractivity contribution in [2.45, 2.75) is 40.0 Å². The average Bonchev–Trinajstić information content (AvgIpc) is 2.71. The van der Waals surface area contributed by atoms with Gasteiger partial charge in [-0.1, -0.05) is 27.7 Å². The Bertz CT molecular complexity index is 581. The van der Waals surface area contributed by atoms with E-state index in [1.807, 2.05) is 6.20 Å². The summed E-state index contributed by atoms with van der Waals surface area (Å²) in [4.78, 5) is 17.8. The zero-order valence-electron chi connectivity index (χ0n) is 11.1. The second-order valence-corrected chi connectivity index (χ2v) is 6.29. The van der Waals surface area contributed by atoms with Crippen LogP contribution in [0.1, 0.15) is 54.7 Å². The summed E-state index contributed by atoms with van der Waals surface area (Å²) >= 11 is 1.57. The molecule has 0 saturated heterocycles. The van der Waals surface area contributed by atoms with Crippen molar-refractivity contribution >= 4 is 22.3 Å². The number of aromatic nitrogens is 2. The molecule has 5 heteroatoms. The minimum absolute atomic E-state index is 0.321. The maximum Gasteiger partial charge on any atom is 0.354 e. The van der Waals surface area contributed by atoms with Crippen LogP contribution in [0.2, 0.25) is 0 Å². The lowest BCUT2D eigenvalue weighted by Crippen LogP contribution is -2.07. The maximum atomic E-state index is 11.4. The van der Waals surface area contributed by atoms with E-state index >= 15 is 0 Å². The molecule has 2 heterocycles. The molecule has 1 N–H and O–H groups in total. The highest BCUT2D eigenvalue weighted by atomic mass is 32.1. The third-order valence-electron chi connectivity index (χ3n) is 2.79. The third-order valence-corrected chi connectivity index (χ3v) is 4.07. The molecule has 98 valence electrons. The van der Waals surface area contributed by atoms with Gasteiger partial charge in [0.25, 0.3) is 0 Å². The molecule has 0 amide bonds. The largest absolute Gasteiger partial charge is 0.477 e. The Kier molecular flexibility index (Phi) is 3.43. The van der Waals surface area contributed by atoms with Crippen molar-refractivity contribution in [1.29, 1.82) is 0 Å². The zero-order valence-corrected chi connectivity index (χ0v) is 11.9. The Morgan fingerprint density at radius 1 is 1.44 bits per heavy atom. The van der Waals surface area contributed by atoms with Gasteiger partial charge in [0.15, 0.2) is 10.7 Å². The summed E-state index contributed by atoms with van der Waals surface area (Å²) in [7, 11) is 0. The van der Waals surface area contributed by atoms with Crippen LogP contribution in [0.5, 0.6) is 0 Å². The molecule has 0 bridgehead atoms. The fraction of sp³-hybridized carbons (Fsp3) is 0.538. The monoisotopic (exact) mass is 266 g/mol. The number of imidazole rings is 1. The number of fused-ring (bicyclic) bond motifs is 1. The number of thiazole rings is 1. The van der Waals surface area contributed by atoms with E-state index in [4.69, 9.17) is 0 Å². The van der Waals surface area contributed by atoms with Gasteiger partial charge in [-0.2, -0.15) is 0 Å². The van der Waals surface area contributed by atoms with Crippen LogP contribution in [0, 0.1) is 5.92 Å². The summed E-state index contributed by atoms with van der Waals surface area (Å²) in [5.41, 5.74) is 1.01. The molecule has 18 heavy (non-hydrogen) atoms. The Morgan fingerprint density at radius 2 is 2.11 bits per heavy atom. The number of carboxylic acid groups (broad SMARTS) is 1. The van der Waals surface area contributed by atoms with Crippen molar-refractivity contribution in [3.05, 3.63) is 22.5 Å². The lowest BCUT2D eigenvalue weighted by molar-refractivity contribution is 0.0688. The fourth-order valence-electron chi connectivity index (χ4n) is 1.93. The molecular weight excluding hydrogens is 248 g/mol. The van der Waals surface area contributed by atoms with Gasteiger partial charge in [0, 0.05) is 11.1 Å². The smallest absolute Gasteiger partial charge is 0.354 e. The summed E-state index contributed by atoms with van der Waals surface area (Å²) in [5, 5.41) is 9.36. The highest BCUT2D eigenvalue weighted by molar-refractivity contribution is 7.17. The van der Waals surface area contributed by atoms with Gasteiger partial charge in [-0.3, -0.25) is 4.40 Å². The summed E-state index contributed by atoms with van der Waals surface area (Å²) in [6.07, 6.45) is 2.61. The van der Waals surface area contributed by atoms with Gasteiger partial charge < -0.3 is 5.11 Å². The van der Waals surface area contributed by atoms with Gasteiger partial charge in [-0.25, -0.2) is 9.78 Å². The highest BCUT2D eigenvalue weighted by Crippen LogP contribution is 2.27. The zero-order chi connectivity index (χ0) is 13.4.